The first-order chi connectivity index (χ1) is 13.5. The van der Waals surface area contributed by atoms with Crippen molar-refractivity contribution in [3.05, 3.63) is 29.8 Å². The van der Waals surface area contributed by atoms with Crippen LogP contribution in [-0.4, -0.2) is 57.9 Å². The predicted molar refractivity (Wildman–Crippen MR) is 98.9 cm³/mol. The number of rotatable bonds is 11. The Kier molecular flexibility index (Phi) is 8.55. The Labute approximate surface area is 165 Å². The Hall–Kier alpha value is -3.67. The second-order valence-corrected chi connectivity index (χ2v) is 6.28. The first-order valence-electron chi connectivity index (χ1n) is 8.43. The SMILES string of the molecule is NC(=O)C[C@H](NC(=O)[C@H](CC(N)=O)NC(=O)[C@@H](N)Cc1ccc(O)cc1)C(=O)O. The number of primary amides is 2. The van der Waals surface area contributed by atoms with Crippen LogP contribution in [0.25, 0.3) is 0 Å². The van der Waals surface area contributed by atoms with E-state index < -0.39 is 60.6 Å². The summed E-state index contributed by atoms with van der Waals surface area (Å²) in [6.07, 6.45) is -1.23. The number of carbonyl (C=O) groups is 5. The van der Waals surface area contributed by atoms with Gasteiger partial charge in [0.05, 0.1) is 18.9 Å². The third kappa shape index (κ3) is 8.26. The number of benzene rings is 1. The summed E-state index contributed by atoms with van der Waals surface area (Å²) in [6.45, 7) is 0. The van der Waals surface area contributed by atoms with Crippen molar-refractivity contribution in [2.75, 3.05) is 0 Å². The van der Waals surface area contributed by atoms with E-state index in [0.717, 1.165) is 0 Å². The molecule has 0 aliphatic heterocycles. The number of hydrogen-bond acceptors (Lipinski definition) is 7. The molecule has 0 aliphatic rings. The van der Waals surface area contributed by atoms with E-state index in [1.807, 2.05) is 5.32 Å². The highest BCUT2D eigenvalue weighted by Crippen LogP contribution is 2.11. The number of phenolic OH excluding ortho intramolecular Hbond substituents is 1. The van der Waals surface area contributed by atoms with Gasteiger partial charge in [-0.25, -0.2) is 4.79 Å². The molecule has 0 bridgehead atoms. The first kappa shape index (κ1) is 23.4. The lowest BCUT2D eigenvalue weighted by Crippen LogP contribution is -2.56. The van der Waals surface area contributed by atoms with Crippen LogP contribution in [0.15, 0.2) is 24.3 Å². The number of amides is 4. The summed E-state index contributed by atoms with van der Waals surface area (Å²) < 4.78 is 0. The summed E-state index contributed by atoms with van der Waals surface area (Å²) in [5, 5.41) is 22.6. The minimum absolute atomic E-state index is 0.0360. The van der Waals surface area contributed by atoms with Crippen molar-refractivity contribution >= 4 is 29.6 Å². The molecule has 0 unspecified atom stereocenters. The summed E-state index contributed by atoms with van der Waals surface area (Å²) >= 11 is 0. The zero-order valence-electron chi connectivity index (χ0n) is 15.3. The van der Waals surface area contributed by atoms with Gasteiger partial charge in [0.2, 0.25) is 23.6 Å². The van der Waals surface area contributed by atoms with Crippen molar-refractivity contribution in [3.63, 3.8) is 0 Å². The Morgan fingerprint density at radius 3 is 1.83 bits per heavy atom. The zero-order valence-corrected chi connectivity index (χ0v) is 15.3. The third-order valence-electron chi connectivity index (χ3n) is 3.79. The average Bonchev–Trinajstić information content (AvgIpc) is 2.61. The maximum atomic E-state index is 12.3. The van der Waals surface area contributed by atoms with Crippen LogP contribution in [-0.2, 0) is 30.4 Å². The van der Waals surface area contributed by atoms with Gasteiger partial charge in [0.25, 0.3) is 0 Å². The molecule has 3 atom stereocenters. The van der Waals surface area contributed by atoms with Crippen LogP contribution in [0.5, 0.6) is 5.75 Å². The van der Waals surface area contributed by atoms with Gasteiger partial charge in [0, 0.05) is 0 Å². The van der Waals surface area contributed by atoms with Gasteiger partial charge in [-0.15, -0.1) is 0 Å². The molecule has 0 aromatic heterocycles. The molecular formula is C17H23N5O7. The van der Waals surface area contributed by atoms with Crippen LogP contribution in [0.1, 0.15) is 18.4 Å². The van der Waals surface area contributed by atoms with Crippen molar-refractivity contribution in [1.82, 2.24) is 10.6 Å². The summed E-state index contributed by atoms with van der Waals surface area (Å²) in [5.74, 6) is -5.22. The van der Waals surface area contributed by atoms with E-state index in [0.29, 0.717) is 5.56 Å². The van der Waals surface area contributed by atoms with Crippen LogP contribution < -0.4 is 27.8 Å². The molecule has 1 aromatic rings. The number of hydrogen-bond donors (Lipinski definition) is 7. The summed E-state index contributed by atoms with van der Waals surface area (Å²) in [6, 6.07) is 1.68. The minimum atomic E-state index is -1.64. The molecule has 1 rings (SSSR count). The van der Waals surface area contributed by atoms with E-state index in [2.05, 4.69) is 5.32 Å². The molecule has 12 nitrogen and oxygen atoms in total. The third-order valence-corrected chi connectivity index (χ3v) is 3.79. The predicted octanol–water partition coefficient (Wildman–Crippen LogP) is -2.93. The Bertz CT molecular complexity index is 781. The number of carbonyl (C=O) groups excluding carboxylic acids is 4. The number of nitrogens with two attached hydrogens (primary N) is 3. The number of carboxylic acids is 1. The molecule has 4 amide bonds. The molecule has 0 radical (unpaired) electrons. The standard InChI is InChI=1S/C17H23N5O7/c18-10(5-8-1-3-9(23)4-2-8)15(26)21-11(6-13(19)24)16(27)22-12(17(28)29)7-14(20)25/h1-4,10-12,23H,5-7,18H2,(H2,19,24)(H2,20,25)(H,21,26)(H,22,27)(H,28,29)/t10-,11-,12-/m0/s1. The van der Waals surface area contributed by atoms with Crippen molar-refractivity contribution in [2.24, 2.45) is 17.2 Å². The first-order valence-corrected chi connectivity index (χ1v) is 8.43. The molecule has 29 heavy (non-hydrogen) atoms. The van der Waals surface area contributed by atoms with Crippen molar-refractivity contribution in [2.45, 2.75) is 37.4 Å². The lowest BCUT2D eigenvalue weighted by atomic mass is 10.0. The highest BCUT2D eigenvalue weighted by molar-refractivity contribution is 5.95. The summed E-state index contributed by atoms with van der Waals surface area (Å²) in [4.78, 5) is 57.9. The highest BCUT2D eigenvalue weighted by atomic mass is 16.4. The fourth-order valence-electron chi connectivity index (χ4n) is 2.34. The molecule has 0 aliphatic carbocycles. The number of carboxylic acid groups (broad SMARTS) is 1. The molecule has 12 heteroatoms. The molecule has 158 valence electrons. The Morgan fingerprint density at radius 1 is 0.862 bits per heavy atom. The van der Waals surface area contributed by atoms with E-state index in [1.54, 1.807) is 12.1 Å². The van der Waals surface area contributed by atoms with E-state index in [9.17, 15) is 29.1 Å². The van der Waals surface area contributed by atoms with Gasteiger partial charge < -0.3 is 38.0 Å². The van der Waals surface area contributed by atoms with Gasteiger partial charge in [-0.2, -0.15) is 0 Å². The summed E-state index contributed by atoms with van der Waals surface area (Å²) in [7, 11) is 0. The second-order valence-electron chi connectivity index (χ2n) is 6.28. The summed E-state index contributed by atoms with van der Waals surface area (Å²) in [5.41, 5.74) is 16.5. The number of aliphatic carboxylic acids is 1. The van der Waals surface area contributed by atoms with Crippen LogP contribution >= 0.6 is 0 Å². The van der Waals surface area contributed by atoms with Crippen LogP contribution in [0.2, 0.25) is 0 Å². The molecule has 0 saturated carbocycles. The molecule has 0 heterocycles. The van der Waals surface area contributed by atoms with Crippen molar-refractivity contribution < 1.29 is 34.2 Å². The van der Waals surface area contributed by atoms with Gasteiger partial charge >= 0.3 is 5.97 Å². The molecule has 0 fully saturated rings. The van der Waals surface area contributed by atoms with E-state index >= 15 is 0 Å². The monoisotopic (exact) mass is 409 g/mol. The smallest absolute Gasteiger partial charge is 0.326 e. The Balaban J connectivity index is 2.82. The molecule has 0 spiro atoms. The van der Waals surface area contributed by atoms with Gasteiger partial charge in [0.1, 0.15) is 17.8 Å². The fraction of sp³-hybridized carbons (Fsp3) is 0.353. The fourth-order valence-corrected chi connectivity index (χ4v) is 2.34. The van der Waals surface area contributed by atoms with E-state index in [4.69, 9.17) is 22.3 Å². The van der Waals surface area contributed by atoms with Gasteiger partial charge in [-0.1, -0.05) is 12.1 Å². The quantitative estimate of drug-likeness (QED) is 0.199. The largest absolute Gasteiger partial charge is 0.508 e. The molecular weight excluding hydrogens is 386 g/mol. The lowest BCUT2D eigenvalue weighted by molar-refractivity contribution is -0.143. The molecule has 10 N–H and O–H groups in total. The van der Waals surface area contributed by atoms with Crippen LogP contribution in [0, 0.1) is 0 Å². The van der Waals surface area contributed by atoms with Gasteiger partial charge in [-0.3, -0.25) is 19.2 Å². The number of phenols is 1. The van der Waals surface area contributed by atoms with Crippen molar-refractivity contribution in [1.29, 1.82) is 0 Å². The number of nitrogens with one attached hydrogen (secondary N) is 2. The molecule has 1 aromatic carbocycles. The van der Waals surface area contributed by atoms with Crippen molar-refractivity contribution in [3.8, 4) is 5.75 Å². The van der Waals surface area contributed by atoms with E-state index in [1.165, 1.54) is 12.1 Å². The maximum absolute atomic E-state index is 12.3. The van der Waals surface area contributed by atoms with E-state index in [-0.39, 0.29) is 12.2 Å². The van der Waals surface area contributed by atoms with Gasteiger partial charge in [-0.05, 0) is 24.1 Å². The molecule has 0 saturated heterocycles. The van der Waals surface area contributed by atoms with Crippen LogP contribution in [0.4, 0.5) is 0 Å². The minimum Gasteiger partial charge on any atom is -0.508 e. The zero-order chi connectivity index (χ0) is 22.1. The Morgan fingerprint density at radius 2 is 1.34 bits per heavy atom. The lowest BCUT2D eigenvalue weighted by Gasteiger charge is -2.21. The van der Waals surface area contributed by atoms with Gasteiger partial charge in [0.15, 0.2) is 0 Å². The second kappa shape index (κ2) is 10.6. The normalized spacial score (nSPS) is 13.6. The van der Waals surface area contributed by atoms with Crippen LogP contribution in [0.3, 0.4) is 0 Å². The highest BCUT2D eigenvalue weighted by Gasteiger charge is 2.29. The maximum Gasteiger partial charge on any atom is 0.326 e. The number of aromatic hydroxyl groups is 1. The topological polar surface area (TPSA) is 228 Å². The average molecular weight is 409 g/mol.